The molecule has 1 aromatic rings. The Hall–Kier alpha value is -1.96. The summed E-state index contributed by atoms with van der Waals surface area (Å²) in [5, 5.41) is 5.97. The summed E-state index contributed by atoms with van der Waals surface area (Å²) in [5.74, 6) is 0.437. The molecule has 3 unspecified atom stereocenters. The number of fused-ring (bicyclic) bond motifs is 1. The summed E-state index contributed by atoms with van der Waals surface area (Å²) in [6.07, 6.45) is 0.792. The smallest absolute Gasteiger partial charge is 0.234 e. The Bertz CT molecular complexity index is 563. The topological polar surface area (TPSA) is 86.8 Å². The standard InChI is InChI=1S/C16H23N5O2/c1-11(12-6-3-2-4-7-12)23-9-5-8-17-16-19-14-13(10-18-21-14)15(22)20-16/h2-4,6-7,11,13-14,18,21H,5,8-10H2,1H3,(H2,17,19,20,22). The van der Waals surface area contributed by atoms with Crippen LogP contribution in [0, 0.1) is 5.92 Å². The van der Waals surface area contributed by atoms with Crippen molar-refractivity contribution in [2.45, 2.75) is 25.6 Å². The van der Waals surface area contributed by atoms with Gasteiger partial charge in [0.1, 0.15) is 6.17 Å². The van der Waals surface area contributed by atoms with Crippen molar-refractivity contribution in [2.75, 3.05) is 19.7 Å². The normalized spacial score (nSPS) is 26.5. The lowest BCUT2D eigenvalue weighted by molar-refractivity contribution is -0.124. The Kier molecular flexibility index (Phi) is 5.22. The number of guanidine groups is 1. The molecular weight excluding hydrogens is 294 g/mol. The van der Waals surface area contributed by atoms with Crippen LogP contribution in [0.1, 0.15) is 25.0 Å². The fraction of sp³-hybridized carbons (Fsp3) is 0.500. The molecule has 0 aliphatic carbocycles. The Balaban J connectivity index is 1.39. The van der Waals surface area contributed by atoms with Crippen LogP contribution in [0.4, 0.5) is 0 Å². The number of amides is 1. The highest BCUT2D eigenvalue weighted by molar-refractivity contribution is 6.01. The van der Waals surface area contributed by atoms with Crippen LogP contribution in [-0.2, 0) is 9.53 Å². The number of nitrogens with zero attached hydrogens (tertiary/aromatic N) is 1. The lowest BCUT2D eigenvalue weighted by Crippen LogP contribution is -2.61. The molecule has 7 nitrogen and oxygen atoms in total. The largest absolute Gasteiger partial charge is 0.374 e. The van der Waals surface area contributed by atoms with Crippen molar-refractivity contribution in [2.24, 2.45) is 10.9 Å². The molecular formula is C16H23N5O2. The molecule has 2 aliphatic heterocycles. The molecule has 0 spiro atoms. The van der Waals surface area contributed by atoms with Crippen LogP contribution in [-0.4, -0.2) is 37.7 Å². The summed E-state index contributed by atoms with van der Waals surface area (Å²) >= 11 is 0. The molecule has 0 aromatic heterocycles. The summed E-state index contributed by atoms with van der Waals surface area (Å²) in [4.78, 5) is 16.3. The van der Waals surface area contributed by atoms with E-state index in [0.29, 0.717) is 25.7 Å². The van der Waals surface area contributed by atoms with Gasteiger partial charge in [0, 0.05) is 19.7 Å². The molecule has 2 fully saturated rings. The molecule has 2 heterocycles. The fourth-order valence-electron chi connectivity index (χ4n) is 2.69. The van der Waals surface area contributed by atoms with Gasteiger partial charge in [-0.1, -0.05) is 30.3 Å². The zero-order valence-corrected chi connectivity index (χ0v) is 13.2. The maximum Gasteiger partial charge on any atom is 0.234 e. The van der Waals surface area contributed by atoms with Crippen molar-refractivity contribution in [1.29, 1.82) is 0 Å². The minimum atomic E-state index is -0.0935. The molecule has 0 bridgehead atoms. The number of nitrogens with one attached hydrogen (secondary N) is 4. The van der Waals surface area contributed by atoms with Crippen LogP contribution >= 0.6 is 0 Å². The number of hydrogen-bond acceptors (Lipinski definition) is 5. The van der Waals surface area contributed by atoms with Crippen molar-refractivity contribution in [3.05, 3.63) is 35.9 Å². The minimum absolute atomic E-state index is 0.000972. The molecule has 3 rings (SSSR count). The first-order chi connectivity index (χ1) is 11.2. The van der Waals surface area contributed by atoms with Gasteiger partial charge >= 0.3 is 0 Å². The second-order valence-electron chi connectivity index (χ2n) is 5.75. The monoisotopic (exact) mass is 317 g/mol. The molecule has 23 heavy (non-hydrogen) atoms. The van der Waals surface area contributed by atoms with E-state index in [4.69, 9.17) is 4.74 Å². The van der Waals surface area contributed by atoms with Gasteiger partial charge in [0.15, 0.2) is 5.96 Å². The van der Waals surface area contributed by atoms with Crippen molar-refractivity contribution < 1.29 is 9.53 Å². The van der Waals surface area contributed by atoms with Gasteiger partial charge in [-0.2, -0.15) is 0 Å². The van der Waals surface area contributed by atoms with Crippen molar-refractivity contribution in [1.82, 2.24) is 21.5 Å². The maximum absolute atomic E-state index is 11.9. The number of carbonyl (C=O) groups is 1. The van der Waals surface area contributed by atoms with E-state index >= 15 is 0 Å². The lowest BCUT2D eigenvalue weighted by atomic mass is 10.1. The van der Waals surface area contributed by atoms with E-state index in [1.165, 1.54) is 5.56 Å². The summed E-state index contributed by atoms with van der Waals surface area (Å²) < 4.78 is 5.81. The van der Waals surface area contributed by atoms with Gasteiger partial charge in [-0.15, -0.1) is 0 Å². The number of benzene rings is 1. The second kappa shape index (κ2) is 7.54. The van der Waals surface area contributed by atoms with Crippen LogP contribution in [0.5, 0.6) is 0 Å². The third-order valence-electron chi connectivity index (χ3n) is 4.06. The Morgan fingerprint density at radius 1 is 1.35 bits per heavy atom. The van der Waals surface area contributed by atoms with Gasteiger partial charge < -0.3 is 10.1 Å². The van der Waals surface area contributed by atoms with Gasteiger partial charge in [-0.3, -0.25) is 20.5 Å². The number of hydrazine groups is 1. The van der Waals surface area contributed by atoms with Crippen LogP contribution in [0.2, 0.25) is 0 Å². The third-order valence-corrected chi connectivity index (χ3v) is 4.06. The first-order valence-corrected chi connectivity index (χ1v) is 8.01. The number of rotatable bonds is 6. The molecule has 1 aromatic carbocycles. The van der Waals surface area contributed by atoms with Crippen molar-refractivity contribution in [3.63, 3.8) is 0 Å². The van der Waals surface area contributed by atoms with Crippen LogP contribution in [0.3, 0.4) is 0 Å². The zero-order valence-electron chi connectivity index (χ0n) is 13.2. The van der Waals surface area contributed by atoms with Gasteiger partial charge in [-0.05, 0) is 18.9 Å². The lowest BCUT2D eigenvalue weighted by Gasteiger charge is -2.27. The van der Waals surface area contributed by atoms with Crippen molar-refractivity contribution >= 4 is 11.9 Å². The highest BCUT2D eigenvalue weighted by Crippen LogP contribution is 2.15. The maximum atomic E-state index is 11.9. The second-order valence-corrected chi connectivity index (χ2v) is 5.75. The Morgan fingerprint density at radius 2 is 2.17 bits per heavy atom. The minimum Gasteiger partial charge on any atom is -0.374 e. The van der Waals surface area contributed by atoms with Gasteiger partial charge in [0.25, 0.3) is 0 Å². The SMILES string of the molecule is CC(OCCCN=C1NC(=O)C2CNNC2N1)c1ccccc1. The predicted octanol–water partition coefficient (Wildman–Crippen LogP) is 0.280. The van der Waals surface area contributed by atoms with E-state index < -0.39 is 0 Å². The van der Waals surface area contributed by atoms with E-state index in [-0.39, 0.29) is 24.1 Å². The quantitative estimate of drug-likeness (QED) is 0.566. The van der Waals surface area contributed by atoms with E-state index in [2.05, 4.69) is 38.6 Å². The Morgan fingerprint density at radius 3 is 3.00 bits per heavy atom. The number of hydrogen-bond donors (Lipinski definition) is 4. The molecule has 7 heteroatoms. The highest BCUT2D eigenvalue weighted by atomic mass is 16.5. The summed E-state index contributed by atoms with van der Waals surface area (Å²) in [7, 11) is 0. The summed E-state index contributed by atoms with van der Waals surface area (Å²) in [6, 6.07) is 10.1. The van der Waals surface area contributed by atoms with Crippen LogP contribution in [0.15, 0.2) is 35.3 Å². The molecule has 124 valence electrons. The molecule has 2 saturated heterocycles. The molecule has 0 saturated carbocycles. The highest BCUT2D eigenvalue weighted by Gasteiger charge is 2.37. The number of carbonyl (C=O) groups excluding carboxylic acids is 1. The zero-order chi connectivity index (χ0) is 16.1. The van der Waals surface area contributed by atoms with E-state index in [1.807, 2.05) is 25.1 Å². The van der Waals surface area contributed by atoms with E-state index in [1.54, 1.807) is 0 Å². The fourth-order valence-corrected chi connectivity index (χ4v) is 2.69. The molecule has 0 radical (unpaired) electrons. The van der Waals surface area contributed by atoms with Crippen LogP contribution < -0.4 is 21.5 Å². The van der Waals surface area contributed by atoms with Gasteiger partial charge in [-0.25, -0.2) is 5.43 Å². The molecule has 4 N–H and O–H groups in total. The first kappa shape index (κ1) is 15.9. The van der Waals surface area contributed by atoms with Gasteiger partial charge in [0.05, 0.1) is 12.0 Å². The van der Waals surface area contributed by atoms with E-state index in [0.717, 1.165) is 6.42 Å². The average Bonchev–Trinajstić information content (AvgIpc) is 3.04. The molecule has 3 atom stereocenters. The van der Waals surface area contributed by atoms with Crippen molar-refractivity contribution in [3.8, 4) is 0 Å². The van der Waals surface area contributed by atoms with Gasteiger partial charge in [0.2, 0.25) is 5.91 Å². The first-order valence-electron chi connectivity index (χ1n) is 8.01. The number of aliphatic imine (C=N–C) groups is 1. The summed E-state index contributed by atoms with van der Waals surface area (Å²) in [5.41, 5.74) is 7.17. The molecule has 2 aliphatic rings. The molecule has 1 amide bonds. The summed E-state index contributed by atoms with van der Waals surface area (Å²) in [6.45, 7) is 3.91. The third kappa shape index (κ3) is 4.07. The predicted molar refractivity (Wildman–Crippen MR) is 87.4 cm³/mol. The van der Waals surface area contributed by atoms with Crippen LogP contribution in [0.25, 0.3) is 0 Å². The number of ether oxygens (including phenoxy) is 1. The Labute approximate surface area is 135 Å². The van der Waals surface area contributed by atoms with E-state index in [9.17, 15) is 4.79 Å². The average molecular weight is 317 g/mol.